The Balaban J connectivity index is 0.968. The number of unbranched alkanes of at least 4 members (excludes halogenated alkanes) is 1. The lowest BCUT2D eigenvalue weighted by Gasteiger charge is -2.48. The summed E-state index contributed by atoms with van der Waals surface area (Å²) in [4.78, 5) is 47.4. The van der Waals surface area contributed by atoms with E-state index in [4.69, 9.17) is 9.72 Å². The second kappa shape index (κ2) is 17.9. The molecule has 3 amide bonds. The second-order valence-corrected chi connectivity index (χ2v) is 14.6. The topological polar surface area (TPSA) is 183 Å². The van der Waals surface area contributed by atoms with Crippen LogP contribution in [0.5, 0.6) is 5.75 Å². The largest absolute Gasteiger partial charge is 0.494 e. The van der Waals surface area contributed by atoms with Gasteiger partial charge in [-0.1, -0.05) is 37.9 Å². The molecule has 15 heteroatoms. The second-order valence-electron chi connectivity index (χ2n) is 13.3. The van der Waals surface area contributed by atoms with Crippen molar-refractivity contribution >= 4 is 52.8 Å². The van der Waals surface area contributed by atoms with Crippen LogP contribution in [0.15, 0.2) is 73.2 Å². The number of aromatic nitrogens is 5. The summed E-state index contributed by atoms with van der Waals surface area (Å²) < 4.78 is 10.0. The van der Waals surface area contributed by atoms with E-state index >= 15 is 0 Å². The fraction of sp³-hybridized carbons (Fsp3) is 0.359. The predicted octanol–water partition coefficient (Wildman–Crippen LogP) is 5.90. The number of benzene rings is 2. The third-order valence-corrected chi connectivity index (χ3v) is 10.3. The summed E-state index contributed by atoms with van der Waals surface area (Å²) in [6.07, 6.45) is 8.85. The van der Waals surface area contributed by atoms with Crippen molar-refractivity contribution in [2.75, 3.05) is 37.3 Å². The van der Waals surface area contributed by atoms with Crippen molar-refractivity contribution in [1.29, 1.82) is 5.26 Å². The van der Waals surface area contributed by atoms with Crippen LogP contribution in [0.3, 0.4) is 0 Å². The number of carbonyl (C=O) groups excluding carboxylic acids is 3. The predicted molar refractivity (Wildman–Crippen MR) is 208 cm³/mol. The van der Waals surface area contributed by atoms with Gasteiger partial charge in [0.25, 0.3) is 5.91 Å². The molecule has 1 atom stereocenters. The first-order valence-corrected chi connectivity index (χ1v) is 19.0. The minimum atomic E-state index is -0.360. The minimum absolute atomic E-state index is 0.156. The summed E-state index contributed by atoms with van der Waals surface area (Å²) >= 11 is 1.77. The van der Waals surface area contributed by atoms with Crippen LogP contribution in [-0.2, 0) is 15.1 Å². The smallest absolute Gasteiger partial charge is 0.251 e. The summed E-state index contributed by atoms with van der Waals surface area (Å²) in [6, 6.07) is 19.3. The third kappa shape index (κ3) is 9.25. The highest BCUT2D eigenvalue weighted by molar-refractivity contribution is 7.97. The van der Waals surface area contributed by atoms with Crippen molar-refractivity contribution in [3.63, 3.8) is 0 Å². The molecule has 280 valence electrons. The molecule has 1 unspecified atom stereocenters. The third-order valence-electron chi connectivity index (χ3n) is 9.42. The van der Waals surface area contributed by atoms with Gasteiger partial charge in [0, 0.05) is 66.4 Å². The van der Waals surface area contributed by atoms with Gasteiger partial charge in [-0.2, -0.15) is 15.3 Å². The fourth-order valence-corrected chi connectivity index (χ4v) is 7.42. The number of fused-ring (bicyclic) bond motifs is 1. The number of aromatic amines is 1. The van der Waals surface area contributed by atoms with Gasteiger partial charge in [0.05, 0.1) is 31.0 Å². The van der Waals surface area contributed by atoms with Crippen molar-refractivity contribution in [2.24, 2.45) is 0 Å². The normalized spacial score (nSPS) is 14.1. The SMILES string of the molecule is CCSN1CC(CC#N)(n2cc(-c3nc(Nc4ccc(C(=O)NCCCCOc5ccc(C(C)CCC(=O)NC=O)cc5)cc4)nc4[nH]ccc34)cn2)C1. The Morgan fingerprint density at radius 2 is 1.91 bits per heavy atom. The van der Waals surface area contributed by atoms with Gasteiger partial charge in [0.2, 0.25) is 18.3 Å². The molecular weight excluding hydrogens is 705 g/mol. The summed E-state index contributed by atoms with van der Waals surface area (Å²) in [5, 5.41) is 23.5. The molecule has 1 saturated heterocycles. The Labute approximate surface area is 318 Å². The molecular formula is C39H44N10O4S. The highest BCUT2D eigenvalue weighted by atomic mass is 32.2. The molecule has 5 aromatic rings. The Morgan fingerprint density at radius 3 is 2.65 bits per heavy atom. The highest BCUT2D eigenvalue weighted by Crippen LogP contribution is 2.38. The summed E-state index contributed by atoms with van der Waals surface area (Å²) in [5.41, 5.74) is 4.25. The monoisotopic (exact) mass is 748 g/mol. The number of nitrogens with one attached hydrogen (secondary N) is 4. The number of anilines is 2. The molecule has 1 fully saturated rings. The molecule has 3 aromatic heterocycles. The van der Waals surface area contributed by atoms with Crippen LogP contribution in [0.2, 0.25) is 0 Å². The van der Waals surface area contributed by atoms with Gasteiger partial charge in [-0.05, 0) is 73.2 Å². The summed E-state index contributed by atoms with van der Waals surface area (Å²) in [5.74, 6) is 1.89. The number of nitriles is 1. The number of carbonyl (C=O) groups is 3. The van der Waals surface area contributed by atoms with Crippen LogP contribution in [-0.4, -0.2) is 79.3 Å². The van der Waals surface area contributed by atoms with Crippen molar-refractivity contribution < 1.29 is 19.1 Å². The molecule has 14 nitrogen and oxygen atoms in total. The van der Waals surface area contributed by atoms with E-state index in [1.165, 1.54) is 0 Å². The van der Waals surface area contributed by atoms with Crippen LogP contribution in [0, 0.1) is 11.3 Å². The van der Waals surface area contributed by atoms with E-state index in [0.29, 0.717) is 56.0 Å². The van der Waals surface area contributed by atoms with Crippen LogP contribution in [0.1, 0.15) is 67.8 Å². The van der Waals surface area contributed by atoms with E-state index in [1.807, 2.05) is 66.5 Å². The Hall–Kier alpha value is -5.72. The van der Waals surface area contributed by atoms with Crippen molar-refractivity contribution in [3.8, 4) is 23.1 Å². The lowest BCUT2D eigenvalue weighted by Crippen LogP contribution is -2.60. The zero-order valence-corrected chi connectivity index (χ0v) is 31.2. The Kier molecular flexibility index (Phi) is 12.6. The number of imide groups is 1. The number of rotatable bonds is 19. The molecule has 0 bridgehead atoms. The fourth-order valence-electron chi connectivity index (χ4n) is 6.39. The van der Waals surface area contributed by atoms with Crippen molar-refractivity contribution in [3.05, 3.63) is 84.3 Å². The molecule has 0 saturated carbocycles. The molecule has 4 heterocycles. The van der Waals surface area contributed by atoms with E-state index in [2.05, 4.69) is 48.3 Å². The maximum atomic E-state index is 12.8. The Bertz CT molecular complexity index is 2080. The average molecular weight is 749 g/mol. The summed E-state index contributed by atoms with van der Waals surface area (Å²) in [6.45, 7) is 6.73. The molecule has 1 aliphatic rings. The highest BCUT2D eigenvalue weighted by Gasteiger charge is 2.45. The van der Waals surface area contributed by atoms with Crippen molar-refractivity contribution in [2.45, 2.75) is 57.4 Å². The van der Waals surface area contributed by atoms with Gasteiger partial charge >= 0.3 is 0 Å². The van der Waals surface area contributed by atoms with Crippen LogP contribution >= 0.6 is 11.9 Å². The van der Waals surface area contributed by atoms with Crippen LogP contribution < -0.4 is 20.7 Å². The number of amides is 3. The number of hydrogen-bond acceptors (Lipinski definition) is 11. The molecule has 1 aliphatic heterocycles. The van der Waals surface area contributed by atoms with Crippen LogP contribution in [0.4, 0.5) is 11.6 Å². The lowest BCUT2D eigenvalue weighted by atomic mass is 9.89. The van der Waals surface area contributed by atoms with Gasteiger partial charge in [-0.25, -0.2) is 9.29 Å². The number of ether oxygens (including phenoxy) is 1. The van der Waals surface area contributed by atoms with Crippen LogP contribution in [0.25, 0.3) is 22.3 Å². The van der Waals surface area contributed by atoms with Crippen molar-refractivity contribution in [1.82, 2.24) is 39.7 Å². The first kappa shape index (κ1) is 38.0. The van der Waals surface area contributed by atoms with Gasteiger partial charge in [0.1, 0.15) is 16.9 Å². The first-order valence-electron chi connectivity index (χ1n) is 18.1. The molecule has 0 spiro atoms. The van der Waals surface area contributed by atoms with E-state index in [9.17, 15) is 19.6 Å². The molecule has 2 aromatic carbocycles. The minimum Gasteiger partial charge on any atom is -0.494 e. The Morgan fingerprint density at radius 1 is 1.11 bits per heavy atom. The van der Waals surface area contributed by atoms with E-state index in [0.717, 1.165) is 65.3 Å². The standard InChI is InChI=1S/C39H44N10O4S/c1-3-54-48-24-39(25-48,17-18-40)49-23-30(22-44-49)35-33-16-20-41-36(33)47-38(46-35)45-31-11-7-29(8-12-31)37(52)42-19-4-5-21-53-32-13-9-28(10-14-32)27(2)6-15-34(51)43-26-50/h7-14,16,20,22-23,26-27H,3-6,15,17,19,21,24-25H2,1-2H3,(H,42,52)(H,43,50,51)(H2,41,45,46,47). The first-order chi connectivity index (χ1) is 26.3. The number of H-pyrrole nitrogens is 1. The molecule has 54 heavy (non-hydrogen) atoms. The quantitative estimate of drug-likeness (QED) is 0.0448. The average Bonchev–Trinajstić information content (AvgIpc) is 3.86. The van der Waals surface area contributed by atoms with E-state index in [-0.39, 0.29) is 23.3 Å². The maximum absolute atomic E-state index is 12.8. The van der Waals surface area contributed by atoms with Gasteiger partial charge < -0.3 is 20.4 Å². The molecule has 6 rings (SSSR count). The lowest BCUT2D eigenvalue weighted by molar-refractivity contribution is -0.125. The zero-order valence-electron chi connectivity index (χ0n) is 30.4. The molecule has 0 radical (unpaired) electrons. The van der Waals surface area contributed by atoms with Gasteiger partial charge in [-0.3, -0.25) is 24.4 Å². The van der Waals surface area contributed by atoms with Gasteiger partial charge in [0.15, 0.2) is 0 Å². The number of nitrogens with zero attached hydrogens (tertiary/aromatic N) is 6. The molecule has 4 N–H and O–H groups in total. The summed E-state index contributed by atoms with van der Waals surface area (Å²) in [7, 11) is 0. The maximum Gasteiger partial charge on any atom is 0.251 e. The zero-order chi connectivity index (χ0) is 37.9. The number of hydrogen-bond donors (Lipinski definition) is 4. The van der Waals surface area contributed by atoms with E-state index < -0.39 is 0 Å². The van der Waals surface area contributed by atoms with E-state index in [1.54, 1.807) is 30.3 Å². The van der Waals surface area contributed by atoms with Gasteiger partial charge in [-0.15, -0.1) is 0 Å². The molecule has 0 aliphatic carbocycles.